The van der Waals surface area contributed by atoms with Crippen molar-refractivity contribution in [1.82, 2.24) is 4.90 Å². The van der Waals surface area contributed by atoms with E-state index in [9.17, 15) is 14.0 Å². The first kappa shape index (κ1) is 18.7. The Kier molecular flexibility index (Phi) is 5.21. The van der Waals surface area contributed by atoms with Crippen molar-refractivity contribution >= 4 is 12.4 Å². The van der Waals surface area contributed by atoms with E-state index in [-0.39, 0.29) is 35.6 Å². The van der Waals surface area contributed by atoms with E-state index in [0.29, 0.717) is 19.1 Å². The number of amides is 1. The molecule has 2 aliphatic rings. The van der Waals surface area contributed by atoms with Crippen LogP contribution in [0.5, 0.6) is 5.75 Å². The number of ether oxygens (including phenoxy) is 2. The van der Waals surface area contributed by atoms with Crippen LogP contribution < -0.4 is 4.74 Å². The molecule has 5 nitrogen and oxygen atoms in total. The summed E-state index contributed by atoms with van der Waals surface area (Å²) >= 11 is 0. The van der Waals surface area contributed by atoms with E-state index in [4.69, 9.17) is 9.47 Å². The Bertz CT molecular complexity index is 676. The lowest BCUT2D eigenvalue weighted by molar-refractivity contribution is -0.0163. The molecule has 142 valence electrons. The van der Waals surface area contributed by atoms with Gasteiger partial charge in [0.05, 0.1) is 0 Å². The lowest BCUT2D eigenvalue weighted by atomic mass is 10.00. The van der Waals surface area contributed by atoms with Gasteiger partial charge in [0, 0.05) is 30.5 Å². The normalized spacial score (nSPS) is 25.1. The number of aldehydes is 1. The maximum absolute atomic E-state index is 14.1. The molecule has 0 N–H and O–H groups in total. The Morgan fingerprint density at radius 2 is 1.96 bits per heavy atom. The molecule has 0 saturated carbocycles. The molecule has 2 saturated heterocycles. The number of hydrogen-bond donors (Lipinski definition) is 0. The molecule has 1 unspecified atom stereocenters. The largest absolute Gasteiger partial charge is 0.487 e. The van der Waals surface area contributed by atoms with E-state index >= 15 is 0 Å². The molecule has 0 aliphatic carbocycles. The highest BCUT2D eigenvalue weighted by atomic mass is 19.1. The summed E-state index contributed by atoms with van der Waals surface area (Å²) in [7, 11) is 0. The Hall–Kier alpha value is -2.11. The quantitative estimate of drug-likeness (QED) is 0.731. The second kappa shape index (κ2) is 7.25. The molecule has 3 atom stereocenters. The number of hydrogen-bond acceptors (Lipinski definition) is 4. The fraction of sp³-hybridized carbons (Fsp3) is 0.600. The van der Waals surface area contributed by atoms with Crippen LogP contribution in [0.2, 0.25) is 0 Å². The minimum absolute atomic E-state index is 0.0659. The number of benzene rings is 1. The molecule has 0 aromatic heterocycles. The van der Waals surface area contributed by atoms with Gasteiger partial charge in [0.25, 0.3) is 0 Å². The van der Waals surface area contributed by atoms with E-state index in [2.05, 4.69) is 0 Å². The third kappa shape index (κ3) is 3.84. The molecule has 2 aliphatic heterocycles. The number of halogens is 1. The Labute approximate surface area is 153 Å². The van der Waals surface area contributed by atoms with Crippen molar-refractivity contribution in [3.8, 4) is 5.75 Å². The number of nitrogens with zero attached hydrogens (tertiary/aromatic N) is 1. The van der Waals surface area contributed by atoms with Crippen molar-refractivity contribution < 1.29 is 23.5 Å². The maximum Gasteiger partial charge on any atom is 0.410 e. The average Bonchev–Trinajstić information content (AvgIpc) is 2.87. The van der Waals surface area contributed by atoms with Crippen molar-refractivity contribution in [3.63, 3.8) is 0 Å². The summed E-state index contributed by atoms with van der Waals surface area (Å²) in [4.78, 5) is 25.2. The third-order valence-corrected chi connectivity index (χ3v) is 5.50. The van der Waals surface area contributed by atoms with Gasteiger partial charge >= 0.3 is 6.09 Å². The first-order chi connectivity index (χ1) is 12.3. The minimum atomic E-state index is -0.534. The zero-order valence-corrected chi connectivity index (χ0v) is 15.5. The molecule has 2 heterocycles. The molecule has 0 spiro atoms. The summed E-state index contributed by atoms with van der Waals surface area (Å²) < 4.78 is 25.6. The predicted molar refractivity (Wildman–Crippen MR) is 94.9 cm³/mol. The minimum Gasteiger partial charge on any atom is -0.487 e. The van der Waals surface area contributed by atoms with Crippen LogP contribution in [-0.4, -0.2) is 41.1 Å². The number of carbonyl (C=O) groups excluding carboxylic acids is 2. The molecule has 3 rings (SSSR count). The van der Waals surface area contributed by atoms with Crippen LogP contribution in [0, 0.1) is 5.82 Å². The van der Waals surface area contributed by atoms with E-state index in [1.54, 1.807) is 6.07 Å². The molecular formula is C20H26FNO4. The van der Waals surface area contributed by atoms with Gasteiger partial charge in [0.2, 0.25) is 0 Å². The van der Waals surface area contributed by atoms with Crippen LogP contribution in [0.15, 0.2) is 18.2 Å². The van der Waals surface area contributed by atoms with Gasteiger partial charge in [0.15, 0.2) is 11.6 Å². The summed E-state index contributed by atoms with van der Waals surface area (Å²) in [5, 5.41) is 0. The lowest BCUT2D eigenvalue weighted by Crippen LogP contribution is -2.51. The Morgan fingerprint density at radius 3 is 2.50 bits per heavy atom. The van der Waals surface area contributed by atoms with Crippen molar-refractivity contribution in [3.05, 3.63) is 29.6 Å². The molecular weight excluding hydrogens is 337 g/mol. The highest BCUT2D eigenvalue weighted by Crippen LogP contribution is 2.38. The molecule has 2 bridgehead atoms. The Balaban J connectivity index is 1.65. The fourth-order valence-corrected chi connectivity index (χ4v) is 3.75. The zero-order chi connectivity index (χ0) is 18.9. The van der Waals surface area contributed by atoms with Gasteiger partial charge < -0.3 is 14.4 Å². The smallest absolute Gasteiger partial charge is 0.410 e. The second-order valence-electron chi connectivity index (χ2n) is 7.79. The van der Waals surface area contributed by atoms with Gasteiger partial charge in [0.1, 0.15) is 18.0 Å². The van der Waals surface area contributed by atoms with Crippen LogP contribution in [0.4, 0.5) is 9.18 Å². The molecule has 6 heteroatoms. The van der Waals surface area contributed by atoms with Crippen LogP contribution in [-0.2, 0) is 4.74 Å². The van der Waals surface area contributed by atoms with Crippen molar-refractivity contribution in [2.75, 3.05) is 0 Å². The highest BCUT2D eigenvalue weighted by Gasteiger charge is 2.45. The maximum atomic E-state index is 14.1. The zero-order valence-electron chi connectivity index (χ0n) is 15.5. The topological polar surface area (TPSA) is 55.8 Å². The molecule has 26 heavy (non-hydrogen) atoms. The Morgan fingerprint density at radius 1 is 1.31 bits per heavy atom. The molecule has 1 amide bonds. The van der Waals surface area contributed by atoms with Crippen LogP contribution in [0.25, 0.3) is 0 Å². The van der Waals surface area contributed by atoms with Gasteiger partial charge in [-0.3, -0.25) is 4.79 Å². The first-order valence-corrected chi connectivity index (χ1v) is 9.25. The monoisotopic (exact) mass is 363 g/mol. The third-order valence-electron chi connectivity index (χ3n) is 5.50. The SMILES string of the molecule is CCC(C)(C)OC(=O)N1[C@@H]2CC[C@H]1CC(Oc1ccc(C=O)cc1F)C2. The molecule has 0 radical (unpaired) electrons. The average molecular weight is 363 g/mol. The van der Waals surface area contributed by atoms with Crippen molar-refractivity contribution in [2.45, 2.75) is 76.7 Å². The van der Waals surface area contributed by atoms with Gasteiger partial charge in [-0.25, -0.2) is 9.18 Å². The van der Waals surface area contributed by atoms with Gasteiger partial charge in [-0.1, -0.05) is 6.92 Å². The fourth-order valence-electron chi connectivity index (χ4n) is 3.75. The van der Waals surface area contributed by atoms with Gasteiger partial charge in [-0.2, -0.15) is 0 Å². The highest BCUT2D eigenvalue weighted by molar-refractivity contribution is 5.75. The van der Waals surface area contributed by atoms with Crippen molar-refractivity contribution in [1.29, 1.82) is 0 Å². The summed E-state index contributed by atoms with van der Waals surface area (Å²) in [6.45, 7) is 5.81. The summed E-state index contributed by atoms with van der Waals surface area (Å²) in [6, 6.07) is 4.34. The summed E-state index contributed by atoms with van der Waals surface area (Å²) in [5.41, 5.74) is -0.195. The predicted octanol–water partition coefficient (Wildman–Crippen LogP) is 4.34. The van der Waals surface area contributed by atoms with E-state index < -0.39 is 11.4 Å². The number of fused-ring (bicyclic) bond motifs is 2. The summed E-state index contributed by atoms with van der Waals surface area (Å²) in [5.74, 6) is -0.378. The number of rotatable bonds is 5. The molecule has 1 aromatic rings. The number of piperidine rings is 1. The molecule has 2 fully saturated rings. The van der Waals surface area contributed by atoms with Crippen molar-refractivity contribution in [2.24, 2.45) is 0 Å². The van der Waals surface area contributed by atoms with E-state index in [1.165, 1.54) is 12.1 Å². The van der Waals surface area contributed by atoms with Gasteiger partial charge in [-0.15, -0.1) is 0 Å². The summed E-state index contributed by atoms with van der Waals surface area (Å²) in [6.07, 6.45) is 4.10. The molecule has 1 aromatic carbocycles. The second-order valence-corrected chi connectivity index (χ2v) is 7.79. The van der Waals surface area contributed by atoms with Crippen LogP contribution >= 0.6 is 0 Å². The van der Waals surface area contributed by atoms with E-state index in [0.717, 1.165) is 19.3 Å². The van der Waals surface area contributed by atoms with Crippen LogP contribution in [0.1, 0.15) is 63.2 Å². The first-order valence-electron chi connectivity index (χ1n) is 9.25. The number of carbonyl (C=O) groups is 2. The standard InChI is InChI=1S/C20H26FNO4/c1-4-20(2,3)26-19(24)22-14-6-7-15(22)11-16(10-14)25-18-8-5-13(12-23)9-17(18)21/h5,8-9,12,14-16H,4,6-7,10-11H2,1-3H3/t14-,15+,16?. The van der Waals surface area contributed by atoms with Gasteiger partial charge in [-0.05, 0) is 51.3 Å². The lowest BCUT2D eigenvalue weighted by Gasteiger charge is -2.39. The van der Waals surface area contributed by atoms with Crippen LogP contribution in [0.3, 0.4) is 0 Å². The van der Waals surface area contributed by atoms with E-state index in [1.807, 2.05) is 25.7 Å².